The fourth-order valence-electron chi connectivity index (χ4n) is 6.14. The van der Waals surface area contributed by atoms with Gasteiger partial charge in [0.05, 0.1) is 31.2 Å². The van der Waals surface area contributed by atoms with E-state index in [1.54, 1.807) is 0 Å². The first-order chi connectivity index (χ1) is 24.8. The molecule has 0 bridgehead atoms. The Kier molecular flexibility index (Phi) is 17.1. The fraction of sp³-hybridized carbons (Fsp3) is 0.512. The van der Waals surface area contributed by atoms with E-state index in [2.05, 4.69) is 21.3 Å². The summed E-state index contributed by atoms with van der Waals surface area (Å²) in [5, 5.41) is 34.2. The molecule has 11 nitrogen and oxygen atoms in total. The van der Waals surface area contributed by atoms with E-state index in [-0.39, 0.29) is 50.2 Å². The van der Waals surface area contributed by atoms with E-state index in [1.807, 2.05) is 114 Å². The number of alkyl carbamates (subject to hydrolysis) is 1. The Hall–Kier alpha value is -4.48. The predicted molar refractivity (Wildman–Crippen MR) is 203 cm³/mol. The van der Waals surface area contributed by atoms with Crippen molar-refractivity contribution in [2.24, 2.45) is 17.8 Å². The Morgan fingerprint density at radius 2 is 1.35 bits per heavy atom. The third-order valence-corrected chi connectivity index (χ3v) is 9.25. The second-order valence-corrected chi connectivity index (χ2v) is 14.5. The van der Waals surface area contributed by atoms with Gasteiger partial charge in [-0.1, -0.05) is 121 Å². The summed E-state index contributed by atoms with van der Waals surface area (Å²) in [5.74, 6) is -1.37. The molecule has 0 saturated carbocycles. The maximum atomic E-state index is 14.1. The molecule has 0 unspecified atom stereocenters. The average molecular weight is 719 g/mol. The van der Waals surface area contributed by atoms with Gasteiger partial charge in [-0.2, -0.15) is 0 Å². The number of hydrogen-bond acceptors (Lipinski definition) is 7. The van der Waals surface area contributed by atoms with E-state index < -0.39 is 54.1 Å². The molecule has 3 aromatic rings. The van der Waals surface area contributed by atoms with Crippen LogP contribution in [-0.2, 0) is 32.1 Å². The van der Waals surface area contributed by atoms with Crippen molar-refractivity contribution < 1.29 is 34.1 Å². The summed E-state index contributed by atoms with van der Waals surface area (Å²) >= 11 is 0. The van der Waals surface area contributed by atoms with Gasteiger partial charge >= 0.3 is 6.09 Å². The Balaban J connectivity index is 1.81. The summed E-state index contributed by atoms with van der Waals surface area (Å²) < 4.78 is 5.47. The molecular weight excluding hydrogens is 660 g/mol. The number of fused-ring (bicyclic) bond motifs is 1. The van der Waals surface area contributed by atoms with Gasteiger partial charge in [-0.05, 0) is 52.5 Å². The summed E-state index contributed by atoms with van der Waals surface area (Å²) in [6.45, 7) is 11.4. The number of aliphatic hydroxyl groups is 2. The largest absolute Gasteiger partial charge is 0.445 e. The molecule has 6 N–H and O–H groups in total. The topological polar surface area (TPSA) is 166 Å². The lowest BCUT2D eigenvalue weighted by atomic mass is 9.95. The molecule has 3 aromatic carbocycles. The molecule has 0 aliphatic heterocycles. The van der Waals surface area contributed by atoms with Gasteiger partial charge in [0.25, 0.3) is 0 Å². The molecule has 0 heterocycles. The maximum Gasteiger partial charge on any atom is 0.408 e. The minimum atomic E-state index is -1.21. The minimum absolute atomic E-state index is 0.00610. The van der Waals surface area contributed by atoms with Crippen LogP contribution < -0.4 is 21.3 Å². The lowest BCUT2D eigenvalue weighted by Gasteiger charge is -2.30. The zero-order chi connectivity index (χ0) is 38.2. The van der Waals surface area contributed by atoms with Crippen LogP contribution in [-0.4, -0.2) is 70.9 Å². The molecule has 0 aliphatic carbocycles. The predicted octanol–water partition coefficient (Wildman–Crippen LogP) is 5.01. The number of rotatable bonds is 20. The Morgan fingerprint density at radius 3 is 2.00 bits per heavy atom. The number of hydrogen-bond donors (Lipinski definition) is 6. The van der Waals surface area contributed by atoms with Crippen LogP contribution in [0.2, 0.25) is 0 Å². The zero-order valence-electron chi connectivity index (χ0n) is 31.4. The molecule has 284 valence electrons. The maximum absolute atomic E-state index is 14.1. The highest BCUT2D eigenvalue weighted by Crippen LogP contribution is 2.21. The van der Waals surface area contributed by atoms with Crippen LogP contribution in [0.3, 0.4) is 0 Å². The highest BCUT2D eigenvalue weighted by atomic mass is 16.5. The van der Waals surface area contributed by atoms with Gasteiger partial charge in [-0.25, -0.2) is 4.79 Å². The van der Waals surface area contributed by atoms with E-state index >= 15 is 0 Å². The van der Waals surface area contributed by atoms with Crippen molar-refractivity contribution in [2.45, 2.75) is 111 Å². The van der Waals surface area contributed by atoms with Gasteiger partial charge in [-0.3, -0.25) is 14.4 Å². The molecule has 0 saturated heterocycles. The second kappa shape index (κ2) is 21.1. The van der Waals surface area contributed by atoms with Gasteiger partial charge in [0.2, 0.25) is 17.7 Å². The quantitative estimate of drug-likeness (QED) is 0.0956. The number of ether oxygens (including phenoxy) is 1. The van der Waals surface area contributed by atoms with E-state index in [0.29, 0.717) is 6.42 Å². The molecule has 0 fully saturated rings. The summed E-state index contributed by atoms with van der Waals surface area (Å²) in [6.07, 6.45) is -0.684. The molecule has 0 radical (unpaired) electrons. The van der Waals surface area contributed by atoms with Crippen LogP contribution in [0.1, 0.15) is 78.4 Å². The number of carbonyl (C=O) groups excluding carboxylic acids is 4. The zero-order valence-corrected chi connectivity index (χ0v) is 31.4. The second-order valence-electron chi connectivity index (χ2n) is 14.5. The van der Waals surface area contributed by atoms with Crippen molar-refractivity contribution >= 4 is 34.6 Å². The Bertz CT molecular complexity index is 1580. The minimum Gasteiger partial charge on any atom is -0.445 e. The number of amides is 4. The monoisotopic (exact) mass is 718 g/mol. The first kappa shape index (κ1) is 41.9. The van der Waals surface area contributed by atoms with Crippen molar-refractivity contribution in [3.8, 4) is 0 Å². The molecule has 4 amide bonds. The summed E-state index contributed by atoms with van der Waals surface area (Å²) in [6, 6.07) is 19.4. The van der Waals surface area contributed by atoms with E-state index in [1.165, 1.54) is 0 Å². The molecule has 3 rings (SSSR count). The number of carbonyl (C=O) groups is 4. The molecular formula is C41H58N4O7. The molecule has 0 aliphatic rings. The standard InChI is InChI=1S/C41H58N4O7/c1-7-28(6)36(24-46)42-38(48)23-37(47)33(20-26(2)3)43-39(49)34(21-27(4)5)44-40(50)35(45-41(51)52-25-29-14-9-8-10-15-29)22-31-18-13-17-30-16-11-12-19-32(30)31/h8-19,26-28,33-37,46-47H,7,20-25H2,1-6H3,(H,42,48)(H,43,49)(H,44,50)(H,45,51)/t28-,33-,34-,35-,36+,37-/m0/s1. The van der Waals surface area contributed by atoms with Gasteiger partial charge in [0.1, 0.15) is 18.7 Å². The third kappa shape index (κ3) is 13.6. The van der Waals surface area contributed by atoms with Gasteiger partial charge in [0, 0.05) is 6.42 Å². The van der Waals surface area contributed by atoms with E-state index in [0.717, 1.165) is 28.3 Å². The molecule has 0 spiro atoms. The number of nitrogens with one attached hydrogen (secondary N) is 4. The normalized spacial score (nSPS) is 14.9. The molecule has 6 atom stereocenters. The first-order valence-corrected chi connectivity index (χ1v) is 18.4. The van der Waals surface area contributed by atoms with Crippen LogP contribution >= 0.6 is 0 Å². The number of benzene rings is 3. The smallest absolute Gasteiger partial charge is 0.408 e. The fourth-order valence-corrected chi connectivity index (χ4v) is 6.14. The lowest BCUT2D eigenvalue weighted by molar-refractivity contribution is -0.132. The summed E-state index contributed by atoms with van der Waals surface area (Å²) in [4.78, 5) is 53.9. The summed E-state index contributed by atoms with van der Waals surface area (Å²) in [5.41, 5.74) is 1.63. The van der Waals surface area contributed by atoms with Crippen LogP contribution in [0.15, 0.2) is 72.8 Å². The molecule has 52 heavy (non-hydrogen) atoms. The highest BCUT2D eigenvalue weighted by Gasteiger charge is 2.32. The molecule has 0 aromatic heterocycles. The number of aliphatic hydroxyl groups excluding tert-OH is 2. The average Bonchev–Trinajstić information content (AvgIpc) is 3.11. The Morgan fingerprint density at radius 1 is 0.712 bits per heavy atom. The highest BCUT2D eigenvalue weighted by molar-refractivity contribution is 5.92. The van der Waals surface area contributed by atoms with Crippen LogP contribution in [0.5, 0.6) is 0 Å². The lowest BCUT2D eigenvalue weighted by Crippen LogP contribution is -2.57. The van der Waals surface area contributed by atoms with Gasteiger partial charge in [-0.15, -0.1) is 0 Å². The Labute approximate surface area is 308 Å². The van der Waals surface area contributed by atoms with Crippen LogP contribution in [0.4, 0.5) is 4.79 Å². The third-order valence-electron chi connectivity index (χ3n) is 9.25. The van der Waals surface area contributed by atoms with E-state index in [9.17, 15) is 29.4 Å². The van der Waals surface area contributed by atoms with Crippen LogP contribution in [0, 0.1) is 17.8 Å². The van der Waals surface area contributed by atoms with Crippen molar-refractivity contribution in [2.75, 3.05) is 6.61 Å². The molecule has 11 heteroatoms. The van der Waals surface area contributed by atoms with Gasteiger partial charge in [0.15, 0.2) is 0 Å². The van der Waals surface area contributed by atoms with E-state index in [4.69, 9.17) is 4.74 Å². The first-order valence-electron chi connectivity index (χ1n) is 18.4. The van der Waals surface area contributed by atoms with Crippen molar-refractivity contribution in [1.29, 1.82) is 0 Å². The van der Waals surface area contributed by atoms with Crippen molar-refractivity contribution in [1.82, 2.24) is 21.3 Å². The summed E-state index contributed by atoms with van der Waals surface area (Å²) in [7, 11) is 0. The SMILES string of the molecule is CC[C@H](C)[C@@H](CO)NC(=O)C[C@H](O)[C@H](CC(C)C)NC(=O)[C@H](CC(C)C)NC(=O)[C@H](Cc1cccc2ccccc12)NC(=O)OCc1ccccc1. The van der Waals surface area contributed by atoms with Crippen LogP contribution in [0.25, 0.3) is 10.8 Å². The van der Waals surface area contributed by atoms with Gasteiger partial charge < -0.3 is 36.2 Å². The van der Waals surface area contributed by atoms with Crippen molar-refractivity contribution in [3.63, 3.8) is 0 Å². The van der Waals surface area contributed by atoms with Crippen molar-refractivity contribution in [3.05, 3.63) is 83.9 Å².